The predicted octanol–water partition coefficient (Wildman–Crippen LogP) is 4.47. The van der Waals surface area contributed by atoms with Gasteiger partial charge in [-0.2, -0.15) is 0 Å². The molecule has 27 heavy (non-hydrogen) atoms. The molecule has 0 amide bonds. The van der Waals surface area contributed by atoms with Crippen molar-refractivity contribution in [2.45, 2.75) is 41.5 Å². The number of carboxylic acids is 1. The molecule has 0 unspecified atom stereocenters. The number of aromatic nitrogens is 1. The minimum atomic E-state index is -1.34. The summed E-state index contributed by atoms with van der Waals surface area (Å²) in [5, 5.41) is 15.4. The first-order chi connectivity index (χ1) is 12.8. The third kappa shape index (κ3) is 2.29. The standard InChI is InChI=1S/C19H20N2O3S3/c1-10-14(25)21-15(10)27-18(2,3)19(21,17(22)23)12-13(20-24-16(12)26-4)11-8-6-5-7-9-11/h5-10,15H,1-4H3,(H,22,23)/t10-,15-,19+/m1/s1. The molecular weight excluding hydrogens is 400 g/mol. The fourth-order valence-electron chi connectivity index (χ4n) is 4.21. The Kier molecular flexibility index (Phi) is 4.36. The molecule has 2 saturated heterocycles. The molecule has 1 N–H and O–H groups in total. The predicted molar refractivity (Wildman–Crippen MR) is 112 cm³/mol. The molecule has 0 saturated carbocycles. The normalized spacial score (nSPS) is 28.7. The van der Waals surface area contributed by atoms with Crippen molar-refractivity contribution in [1.29, 1.82) is 0 Å². The van der Waals surface area contributed by atoms with Gasteiger partial charge in [0.25, 0.3) is 0 Å². The van der Waals surface area contributed by atoms with Crippen molar-refractivity contribution in [2.75, 3.05) is 6.26 Å². The lowest BCUT2D eigenvalue weighted by Crippen LogP contribution is -2.67. The molecule has 8 heteroatoms. The largest absolute Gasteiger partial charge is 0.479 e. The molecule has 5 nitrogen and oxygen atoms in total. The average Bonchev–Trinajstić information content (AvgIpc) is 3.17. The number of carboxylic acid groups (broad SMARTS) is 1. The molecule has 4 rings (SSSR count). The lowest BCUT2D eigenvalue weighted by molar-refractivity contribution is -0.152. The van der Waals surface area contributed by atoms with Crippen LogP contribution in [-0.4, -0.2) is 42.5 Å². The van der Waals surface area contributed by atoms with Crippen molar-refractivity contribution in [3.8, 4) is 11.3 Å². The first kappa shape index (κ1) is 18.8. The lowest BCUT2D eigenvalue weighted by atomic mass is 9.74. The first-order valence-corrected chi connectivity index (χ1v) is 11.1. The van der Waals surface area contributed by atoms with Crippen LogP contribution in [0.25, 0.3) is 11.3 Å². The summed E-state index contributed by atoms with van der Waals surface area (Å²) in [5.74, 6) is -0.754. The Hall–Kier alpha value is -1.51. The topological polar surface area (TPSA) is 66.6 Å². The second-order valence-corrected chi connectivity index (χ2v) is 10.2. The van der Waals surface area contributed by atoms with Gasteiger partial charge in [-0.15, -0.1) is 11.8 Å². The van der Waals surface area contributed by atoms with E-state index in [4.69, 9.17) is 16.7 Å². The van der Waals surface area contributed by atoms with Gasteiger partial charge in [0.2, 0.25) is 0 Å². The highest BCUT2D eigenvalue weighted by atomic mass is 32.2. The Morgan fingerprint density at radius 1 is 1.37 bits per heavy atom. The quantitative estimate of drug-likeness (QED) is 0.574. The van der Waals surface area contributed by atoms with Crippen molar-refractivity contribution in [1.82, 2.24) is 10.1 Å². The fraction of sp³-hybridized carbons (Fsp3) is 0.421. The minimum absolute atomic E-state index is 0.0387. The smallest absolute Gasteiger partial charge is 0.336 e. The van der Waals surface area contributed by atoms with Gasteiger partial charge in [-0.1, -0.05) is 66.4 Å². The number of benzene rings is 1. The zero-order valence-electron chi connectivity index (χ0n) is 15.4. The maximum absolute atomic E-state index is 12.9. The van der Waals surface area contributed by atoms with Gasteiger partial charge in [0, 0.05) is 11.5 Å². The summed E-state index contributed by atoms with van der Waals surface area (Å²) in [5.41, 5.74) is 0.665. The zero-order valence-corrected chi connectivity index (χ0v) is 17.9. The first-order valence-electron chi connectivity index (χ1n) is 8.61. The summed E-state index contributed by atoms with van der Waals surface area (Å²) in [7, 11) is 0. The van der Waals surface area contributed by atoms with E-state index >= 15 is 0 Å². The highest BCUT2D eigenvalue weighted by Crippen LogP contribution is 2.65. The highest BCUT2D eigenvalue weighted by molar-refractivity contribution is 8.02. The van der Waals surface area contributed by atoms with E-state index in [1.54, 1.807) is 11.8 Å². The van der Waals surface area contributed by atoms with Gasteiger partial charge in [-0.3, -0.25) is 0 Å². The molecule has 0 spiro atoms. The third-order valence-electron chi connectivity index (χ3n) is 5.52. The van der Waals surface area contributed by atoms with Crippen LogP contribution < -0.4 is 0 Å². The van der Waals surface area contributed by atoms with Crippen LogP contribution >= 0.6 is 35.7 Å². The molecule has 2 fully saturated rings. The van der Waals surface area contributed by atoms with Crippen LogP contribution in [-0.2, 0) is 10.3 Å². The van der Waals surface area contributed by atoms with Crippen molar-refractivity contribution in [3.05, 3.63) is 35.9 Å². The summed E-state index contributed by atoms with van der Waals surface area (Å²) in [4.78, 5) is 15.5. The Bertz CT molecular complexity index is 928. The van der Waals surface area contributed by atoms with Gasteiger partial charge in [0.1, 0.15) is 5.69 Å². The summed E-state index contributed by atoms with van der Waals surface area (Å²) in [6.45, 7) is 6.02. The highest BCUT2D eigenvalue weighted by Gasteiger charge is 2.72. The van der Waals surface area contributed by atoms with E-state index in [-0.39, 0.29) is 11.3 Å². The summed E-state index contributed by atoms with van der Waals surface area (Å²) in [6, 6.07) is 9.58. The number of rotatable bonds is 4. The van der Waals surface area contributed by atoms with Crippen LogP contribution in [0.2, 0.25) is 0 Å². The number of nitrogens with zero attached hydrogens (tertiary/aromatic N) is 2. The number of thioether (sulfide) groups is 2. The van der Waals surface area contributed by atoms with Gasteiger partial charge < -0.3 is 14.5 Å². The molecule has 3 atom stereocenters. The maximum Gasteiger partial charge on any atom is 0.336 e. The fourth-order valence-corrected chi connectivity index (χ4v) is 7.08. The molecule has 2 aliphatic rings. The third-order valence-corrected chi connectivity index (χ3v) is 8.49. The van der Waals surface area contributed by atoms with Crippen molar-refractivity contribution < 1.29 is 14.4 Å². The molecular formula is C19H20N2O3S3. The van der Waals surface area contributed by atoms with Crippen LogP contribution in [0.3, 0.4) is 0 Å². The van der Waals surface area contributed by atoms with Crippen molar-refractivity contribution in [2.24, 2.45) is 5.92 Å². The van der Waals surface area contributed by atoms with Gasteiger partial charge >= 0.3 is 5.97 Å². The van der Waals surface area contributed by atoms with Crippen LogP contribution in [0.4, 0.5) is 0 Å². The Morgan fingerprint density at radius 3 is 2.63 bits per heavy atom. The molecule has 1 aromatic carbocycles. The molecule has 2 aromatic rings. The van der Waals surface area contributed by atoms with Crippen LogP contribution in [0.5, 0.6) is 0 Å². The van der Waals surface area contributed by atoms with E-state index in [0.717, 1.165) is 5.56 Å². The van der Waals surface area contributed by atoms with Gasteiger partial charge in [-0.05, 0) is 20.1 Å². The monoisotopic (exact) mass is 420 g/mol. The van der Waals surface area contributed by atoms with Gasteiger partial charge in [0.15, 0.2) is 10.6 Å². The average molecular weight is 421 g/mol. The zero-order chi connectivity index (χ0) is 19.6. The maximum atomic E-state index is 12.9. The molecule has 2 aliphatic heterocycles. The SMILES string of the molecule is CSc1onc(-c2ccccc2)c1[C@@]1(C(=O)O)N2C(=S)[C@@H](C)[C@H]2SC1(C)C. The Labute approximate surface area is 171 Å². The van der Waals surface area contributed by atoms with Crippen molar-refractivity contribution >= 4 is 46.7 Å². The van der Waals surface area contributed by atoms with E-state index < -0.39 is 16.3 Å². The molecule has 1 aromatic heterocycles. The van der Waals surface area contributed by atoms with E-state index in [9.17, 15) is 9.90 Å². The Morgan fingerprint density at radius 2 is 2.04 bits per heavy atom. The van der Waals surface area contributed by atoms with E-state index in [2.05, 4.69) is 12.1 Å². The number of carbonyl (C=O) groups is 1. The molecule has 142 valence electrons. The van der Waals surface area contributed by atoms with Crippen molar-refractivity contribution in [3.63, 3.8) is 0 Å². The van der Waals surface area contributed by atoms with Crippen LogP contribution in [0.1, 0.15) is 26.3 Å². The van der Waals surface area contributed by atoms with Crippen LogP contribution in [0, 0.1) is 5.92 Å². The summed E-state index contributed by atoms with van der Waals surface area (Å²) >= 11 is 8.66. The number of hydrogen-bond acceptors (Lipinski definition) is 6. The van der Waals surface area contributed by atoms with Gasteiger partial charge in [-0.25, -0.2) is 4.79 Å². The number of fused-ring (bicyclic) bond motifs is 1. The number of hydrogen-bond donors (Lipinski definition) is 1. The molecule has 0 aliphatic carbocycles. The second-order valence-electron chi connectivity index (χ2n) is 7.29. The summed E-state index contributed by atoms with van der Waals surface area (Å²) < 4.78 is 4.99. The number of aliphatic carboxylic acids is 1. The minimum Gasteiger partial charge on any atom is -0.479 e. The van der Waals surface area contributed by atoms with E-state index in [1.807, 2.05) is 55.3 Å². The molecule has 3 heterocycles. The summed E-state index contributed by atoms with van der Waals surface area (Å²) in [6.07, 6.45) is 1.87. The van der Waals surface area contributed by atoms with Crippen LogP contribution in [0.15, 0.2) is 39.9 Å². The van der Waals surface area contributed by atoms with Gasteiger partial charge in [0.05, 0.1) is 20.7 Å². The number of thiocarbonyl (C=S) groups is 1. The van der Waals surface area contributed by atoms with E-state index in [0.29, 0.717) is 21.3 Å². The molecule has 0 bridgehead atoms. The van der Waals surface area contributed by atoms with E-state index in [1.165, 1.54) is 11.8 Å². The Balaban J connectivity index is 2.04. The second kappa shape index (κ2) is 6.25. The lowest BCUT2D eigenvalue weighted by Gasteiger charge is -2.51. The molecule has 0 radical (unpaired) electrons.